The Balaban J connectivity index is 0.000000509. The first-order valence-corrected chi connectivity index (χ1v) is 25.3. The van der Waals surface area contributed by atoms with Gasteiger partial charge in [0.1, 0.15) is 11.2 Å². The SMILES string of the molecule is C=C/C=C\C.C=C/C=C\C.CN.N/C(=C\C(c1ccccc1)c1cccc(-c2cccc3c2Oc2c(ccc4c2C2=C(C=CCC2)C4(c2ccccc2)c2ccccc2)O3)c1)c1ccc2c(c1)oc1ccccc12. The van der Waals surface area contributed by atoms with Crippen LogP contribution in [0.5, 0.6) is 23.0 Å². The molecule has 0 radical (unpaired) electrons. The molecule has 1 aliphatic heterocycles. The minimum atomic E-state index is -0.504. The Kier molecular flexibility index (Phi) is 15.6. The van der Waals surface area contributed by atoms with Crippen molar-refractivity contribution in [2.45, 2.75) is 38.0 Å². The maximum absolute atomic E-state index is 7.26. The molecule has 0 bridgehead atoms. The van der Waals surface area contributed by atoms with E-state index >= 15 is 0 Å². The molecule has 1 unspecified atom stereocenters. The number of hydrogen-bond donors (Lipinski definition) is 2. The normalized spacial score (nSPS) is 14.1. The number of para-hydroxylation sites is 2. The van der Waals surface area contributed by atoms with Gasteiger partial charge in [-0.3, -0.25) is 0 Å². The van der Waals surface area contributed by atoms with Gasteiger partial charge in [0, 0.05) is 39.1 Å². The van der Waals surface area contributed by atoms with Gasteiger partial charge >= 0.3 is 0 Å². The van der Waals surface area contributed by atoms with E-state index in [1.807, 2.05) is 80.6 Å². The molecule has 0 fully saturated rings. The quantitative estimate of drug-likeness (QED) is 0.141. The van der Waals surface area contributed by atoms with Gasteiger partial charge in [-0.05, 0) is 115 Å². The van der Waals surface area contributed by atoms with Crippen LogP contribution in [-0.2, 0) is 5.41 Å². The molecule has 0 spiro atoms. The third-order valence-corrected chi connectivity index (χ3v) is 13.6. The number of allylic oxidation sites excluding steroid dienone is 11. The molecule has 4 N–H and O–H groups in total. The Hall–Kier alpha value is -8.90. The van der Waals surface area contributed by atoms with Crippen LogP contribution in [0.15, 0.2) is 266 Å². The van der Waals surface area contributed by atoms with Crippen molar-refractivity contribution in [2.24, 2.45) is 11.5 Å². The van der Waals surface area contributed by atoms with Gasteiger partial charge in [0.05, 0.1) is 5.41 Å². The van der Waals surface area contributed by atoms with Gasteiger partial charge in [0.25, 0.3) is 0 Å². The fourth-order valence-corrected chi connectivity index (χ4v) is 10.5. The van der Waals surface area contributed by atoms with Crippen molar-refractivity contribution in [1.29, 1.82) is 0 Å². The fraction of sp³-hybridized carbons (Fsp3) is 0.101. The van der Waals surface area contributed by atoms with Gasteiger partial charge in [0.15, 0.2) is 23.0 Å². The average Bonchev–Trinajstić information content (AvgIpc) is 4.00. The van der Waals surface area contributed by atoms with E-state index < -0.39 is 5.41 Å². The van der Waals surface area contributed by atoms with E-state index in [4.69, 9.17) is 19.6 Å². The highest BCUT2D eigenvalue weighted by Gasteiger charge is 2.49. The summed E-state index contributed by atoms with van der Waals surface area (Å²) in [4.78, 5) is 0. The Morgan fingerprint density at radius 2 is 1.22 bits per heavy atom. The Morgan fingerprint density at radius 3 is 1.89 bits per heavy atom. The number of ether oxygens (including phenoxy) is 2. The van der Waals surface area contributed by atoms with E-state index in [-0.39, 0.29) is 5.92 Å². The number of nitrogens with two attached hydrogens (primary N) is 2. The lowest BCUT2D eigenvalue weighted by atomic mass is 9.66. The molecule has 0 saturated heterocycles. The van der Waals surface area contributed by atoms with Gasteiger partial charge < -0.3 is 25.4 Å². The first kappa shape index (κ1) is 50.1. The Morgan fingerprint density at radius 1 is 0.595 bits per heavy atom. The van der Waals surface area contributed by atoms with Crippen molar-refractivity contribution < 1.29 is 13.9 Å². The molecule has 1 aromatic heterocycles. The minimum absolute atomic E-state index is 0.128. The van der Waals surface area contributed by atoms with E-state index in [0.717, 1.165) is 79.7 Å². The zero-order valence-electron chi connectivity index (χ0n) is 42.4. The third-order valence-electron chi connectivity index (χ3n) is 13.6. The lowest BCUT2D eigenvalue weighted by molar-refractivity contribution is 0.359. The molecule has 74 heavy (non-hydrogen) atoms. The Labute approximate surface area is 436 Å². The second kappa shape index (κ2) is 23.1. The van der Waals surface area contributed by atoms with Crippen LogP contribution in [0, 0.1) is 0 Å². The standard InChI is InChI=1S/C58H41NO3.2C5H8.CH5N/c59-50(40-30-31-45-44-24-11-13-28-51(44)60-54(45)35-40)36-47(37-16-4-1-5-17-37)39-19-14-18-38(34-39)43-26-15-29-52-56(43)62-57-53(61-52)33-32-49-55(57)46-25-10-12-27-48(46)58(49,41-20-6-2-7-21-41)42-22-8-3-9-23-42;2*1-3-5-4-2;1-2/h1-9,11-24,26-36,47H,10,25,59H2;2*3-5H,1H2,2H3;2H2,1H3/b50-36-;2*5-4-;. The summed E-state index contributed by atoms with van der Waals surface area (Å²) >= 11 is 0. The van der Waals surface area contributed by atoms with Crippen molar-refractivity contribution in [1.82, 2.24) is 0 Å². The van der Waals surface area contributed by atoms with Crippen LogP contribution in [-0.4, -0.2) is 7.05 Å². The first-order valence-electron chi connectivity index (χ1n) is 25.3. The lowest BCUT2D eigenvalue weighted by Crippen LogP contribution is -2.29. The van der Waals surface area contributed by atoms with Crippen molar-refractivity contribution in [3.8, 4) is 34.1 Å². The van der Waals surface area contributed by atoms with Gasteiger partial charge in [-0.25, -0.2) is 0 Å². The van der Waals surface area contributed by atoms with Crippen LogP contribution in [0.1, 0.15) is 71.6 Å². The molecule has 12 rings (SSSR count). The number of benzene rings is 8. The fourth-order valence-electron chi connectivity index (χ4n) is 10.5. The largest absolute Gasteiger partial charge is 0.456 e. The summed E-state index contributed by atoms with van der Waals surface area (Å²) in [6.07, 6.45) is 19.9. The maximum Gasteiger partial charge on any atom is 0.178 e. The molecule has 5 heteroatoms. The van der Waals surface area contributed by atoms with E-state index in [1.54, 1.807) is 12.2 Å². The van der Waals surface area contributed by atoms with Crippen molar-refractivity contribution in [2.75, 3.05) is 7.05 Å². The number of furan rings is 1. The van der Waals surface area contributed by atoms with Crippen molar-refractivity contribution in [3.05, 3.63) is 300 Å². The topological polar surface area (TPSA) is 83.6 Å². The van der Waals surface area contributed by atoms with Gasteiger partial charge in [-0.15, -0.1) is 0 Å². The molecule has 3 aliphatic rings. The third kappa shape index (κ3) is 9.61. The highest BCUT2D eigenvalue weighted by Crippen LogP contribution is 2.63. The second-order valence-electron chi connectivity index (χ2n) is 17.9. The number of rotatable bonds is 9. The average molecular weight is 967 g/mol. The predicted molar refractivity (Wildman–Crippen MR) is 311 cm³/mol. The van der Waals surface area contributed by atoms with Crippen LogP contribution in [0.3, 0.4) is 0 Å². The first-order chi connectivity index (χ1) is 36.5. The monoisotopic (exact) mass is 966 g/mol. The van der Waals surface area contributed by atoms with E-state index in [1.165, 1.54) is 34.9 Å². The molecule has 0 amide bonds. The van der Waals surface area contributed by atoms with Crippen LogP contribution in [0.25, 0.3) is 44.3 Å². The molecule has 366 valence electrons. The molecule has 0 saturated carbocycles. The van der Waals surface area contributed by atoms with Crippen LogP contribution < -0.4 is 20.9 Å². The second-order valence-corrected chi connectivity index (χ2v) is 17.9. The molecule has 2 aliphatic carbocycles. The predicted octanol–water partition coefficient (Wildman–Crippen LogP) is 17.8. The van der Waals surface area contributed by atoms with Gasteiger partial charge in [-0.1, -0.05) is 219 Å². The van der Waals surface area contributed by atoms with Crippen molar-refractivity contribution >= 4 is 33.2 Å². The summed E-state index contributed by atoms with van der Waals surface area (Å²) in [5.41, 5.74) is 25.9. The summed E-state index contributed by atoms with van der Waals surface area (Å²) < 4.78 is 20.3. The smallest absolute Gasteiger partial charge is 0.178 e. The summed E-state index contributed by atoms with van der Waals surface area (Å²) in [7, 11) is 1.50. The molecule has 5 nitrogen and oxygen atoms in total. The van der Waals surface area contributed by atoms with Crippen molar-refractivity contribution in [3.63, 3.8) is 0 Å². The number of hydrogen-bond acceptors (Lipinski definition) is 5. The molecular formula is C69H62N2O3. The molecule has 1 atom stereocenters. The van der Waals surface area contributed by atoms with Crippen LogP contribution in [0.2, 0.25) is 0 Å². The summed E-state index contributed by atoms with van der Waals surface area (Å²) in [6.45, 7) is 10.8. The summed E-state index contributed by atoms with van der Waals surface area (Å²) in [5.74, 6) is 2.78. The zero-order valence-corrected chi connectivity index (χ0v) is 42.4. The minimum Gasteiger partial charge on any atom is -0.456 e. The molecule has 2 heterocycles. The molecule has 8 aromatic carbocycles. The number of fused-ring (bicyclic) bond motifs is 8. The highest BCUT2D eigenvalue weighted by molar-refractivity contribution is 6.05. The van der Waals surface area contributed by atoms with E-state index in [9.17, 15) is 0 Å². The molecule has 9 aromatic rings. The van der Waals surface area contributed by atoms with Gasteiger partial charge in [0.2, 0.25) is 0 Å². The lowest BCUT2D eigenvalue weighted by Gasteiger charge is -2.35. The maximum atomic E-state index is 7.26. The Bertz CT molecular complexity index is 3540. The highest BCUT2D eigenvalue weighted by atomic mass is 16.6. The summed E-state index contributed by atoms with van der Waals surface area (Å²) in [6, 6.07) is 66.0. The molecular weight excluding hydrogens is 905 g/mol. The van der Waals surface area contributed by atoms with Crippen LogP contribution in [0.4, 0.5) is 0 Å². The zero-order chi connectivity index (χ0) is 51.4. The summed E-state index contributed by atoms with van der Waals surface area (Å²) in [5, 5.41) is 2.18. The van der Waals surface area contributed by atoms with Gasteiger partial charge in [-0.2, -0.15) is 0 Å². The van der Waals surface area contributed by atoms with Crippen LogP contribution >= 0.6 is 0 Å². The van der Waals surface area contributed by atoms with E-state index in [0.29, 0.717) is 17.2 Å². The van der Waals surface area contributed by atoms with E-state index in [2.05, 4.69) is 183 Å².